The van der Waals surface area contributed by atoms with Gasteiger partial charge in [0.15, 0.2) is 0 Å². The summed E-state index contributed by atoms with van der Waals surface area (Å²) in [6.45, 7) is 6.53. The fourth-order valence-electron chi connectivity index (χ4n) is 3.94. The number of rotatable bonds is 6. The maximum absolute atomic E-state index is 12.5. The largest absolute Gasteiger partial charge is 0.481 e. The number of hydrogen-bond donors (Lipinski definition) is 2. The highest BCUT2D eigenvalue weighted by Gasteiger charge is 2.35. The van der Waals surface area contributed by atoms with Crippen molar-refractivity contribution in [3.05, 3.63) is 58.7 Å². The Balaban J connectivity index is 1.60. The van der Waals surface area contributed by atoms with E-state index in [1.807, 2.05) is 31.2 Å². The minimum absolute atomic E-state index is 0.163. The van der Waals surface area contributed by atoms with Gasteiger partial charge in [-0.3, -0.25) is 9.59 Å². The van der Waals surface area contributed by atoms with Crippen LogP contribution in [0.5, 0.6) is 11.5 Å². The molecular weight excluding hydrogens is 366 g/mol. The second-order valence-corrected chi connectivity index (χ2v) is 7.95. The number of amides is 1. The summed E-state index contributed by atoms with van der Waals surface area (Å²) in [6, 6.07) is 11.8. The van der Waals surface area contributed by atoms with Gasteiger partial charge in [0.2, 0.25) is 5.91 Å². The van der Waals surface area contributed by atoms with Crippen molar-refractivity contribution in [1.29, 1.82) is 0 Å². The number of carbonyl (C=O) groups is 2. The van der Waals surface area contributed by atoms with E-state index in [4.69, 9.17) is 4.74 Å². The van der Waals surface area contributed by atoms with E-state index >= 15 is 0 Å². The van der Waals surface area contributed by atoms with Crippen LogP contribution in [0.25, 0.3) is 0 Å². The van der Waals surface area contributed by atoms with Gasteiger partial charge in [0.1, 0.15) is 11.5 Å². The van der Waals surface area contributed by atoms with E-state index in [2.05, 4.69) is 31.3 Å². The number of hydrogen-bond acceptors (Lipinski definition) is 3. The van der Waals surface area contributed by atoms with E-state index < -0.39 is 17.8 Å². The van der Waals surface area contributed by atoms with Crippen LogP contribution in [0.15, 0.2) is 36.4 Å². The summed E-state index contributed by atoms with van der Waals surface area (Å²) in [4.78, 5) is 23.9. The number of carbonyl (C=O) groups excluding carboxylic acids is 1. The first-order chi connectivity index (χ1) is 13.9. The molecule has 2 unspecified atom stereocenters. The molecule has 0 radical (unpaired) electrons. The van der Waals surface area contributed by atoms with Gasteiger partial charge >= 0.3 is 5.97 Å². The summed E-state index contributed by atoms with van der Waals surface area (Å²) in [5.41, 5.74) is 4.35. The van der Waals surface area contributed by atoms with Crippen LogP contribution in [0.1, 0.15) is 47.9 Å². The third-order valence-electron chi connectivity index (χ3n) is 5.90. The molecule has 0 spiro atoms. The maximum atomic E-state index is 12.5. The van der Waals surface area contributed by atoms with Crippen LogP contribution >= 0.6 is 0 Å². The first-order valence-corrected chi connectivity index (χ1v) is 10.2. The Hall–Kier alpha value is -2.82. The lowest BCUT2D eigenvalue weighted by Crippen LogP contribution is -2.39. The monoisotopic (exact) mass is 395 g/mol. The van der Waals surface area contributed by atoms with Gasteiger partial charge in [0, 0.05) is 6.54 Å². The predicted octanol–water partition coefficient (Wildman–Crippen LogP) is 4.91. The minimum atomic E-state index is -0.868. The standard InChI is InChI=1S/C24H29NO4/c1-15-8-9-16(2)22(17(15)3)29-19-12-10-18(11-13-19)14-25-23(26)20-6-4-5-7-21(20)24(27)28/h8-13,20-21H,4-7,14H2,1-3H3,(H,25,26)(H,27,28). The molecule has 3 rings (SSSR count). The lowest BCUT2D eigenvalue weighted by molar-refractivity contribution is -0.148. The number of benzene rings is 2. The van der Waals surface area contributed by atoms with Crippen molar-refractivity contribution in [3.8, 4) is 11.5 Å². The quantitative estimate of drug-likeness (QED) is 0.729. The Bertz CT molecular complexity index is 888. The van der Waals surface area contributed by atoms with Gasteiger partial charge in [-0.1, -0.05) is 37.1 Å². The van der Waals surface area contributed by atoms with Gasteiger partial charge in [0.05, 0.1) is 11.8 Å². The Morgan fingerprint density at radius 2 is 1.59 bits per heavy atom. The van der Waals surface area contributed by atoms with Crippen molar-refractivity contribution in [1.82, 2.24) is 5.32 Å². The molecule has 29 heavy (non-hydrogen) atoms. The Labute approximate surface area is 172 Å². The number of aryl methyl sites for hydroxylation is 2. The molecule has 1 saturated carbocycles. The predicted molar refractivity (Wildman–Crippen MR) is 112 cm³/mol. The highest BCUT2D eigenvalue weighted by Crippen LogP contribution is 2.32. The fraction of sp³-hybridized carbons (Fsp3) is 0.417. The number of ether oxygens (including phenoxy) is 1. The van der Waals surface area contributed by atoms with Crippen molar-refractivity contribution in [3.63, 3.8) is 0 Å². The first kappa shape index (κ1) is 20.9. The highest BCUT2D eigenvalue weighted by molar-refractivity contribution is 5.84. The van der Waals surface area contributed by atoms with Crippen LogP contribution in [0, 0.1) is 32.6 Å². The molecule has 5 nitrogen and oxygen atoms in total. The van der Waals surface area contributed by atoms with Crippen LogP contribution < -0.4 is 10.1 Å². The average molecular weight is 395 g/mol. The lowest BCUT2D eigenvalue weighted by Gasteiger charge is -2.27. The van der Waals surface area contributed by atoms with E-state index in [-0.39, 0.29) is 5.91 Å². The average Bonchev–Trinajstić information content (AvgIpc) is 2.73. The van der Waals surface area contributed by atoms with Crippen molar-refractivity contribution in [2.24, 2.45) is 11.8 Å². The summed E-state index contributed by atoms with van der Waals surface area (Å²) in [5, 5.41) is 12.3. The zero-order valence-corrected chi connectivity index (χ0v) is 17.3. The van der Waals surface area contributed by atoms with E-state index in [1.165, 1.54) is 5.56 Å². The zero-order valence-electron chi connectivity index (χ0n) is 17.3. The van der Waals surface area contributed by atoms with Crippen molar-refractivity contribution in [2.45, 2.75) is 53.0 Å². The topological polar surface area (TPSA) is 75.6 Å². The van der Waals surface area contributed by atoms with E-state index in [0.717, 1.165) is 41.0 Å². The number of nitrogens with one attached hydrogen (secondary N) is 1. The van der Waals surface area contributed by atoms with Crippen LogP contribution in [-0.4, -0.2) is 17.0 Å². The molecule has 0 aromatic heterocycles. The molecule has 2 aromatic carbocycles. The second-order valence-electron chi connectivity index (χ2n) is 7.95. The normalized spacial score (nSPS) is 18.9. The lowest BCUT2D eigenvalue weighted by atomic mass is 9.78. The van der Waals surface area contributed by atoms with E-state index in [1.54, 1.807) is 0 Å². The smallest absolute Gasteiger partial charge is 0.307 e. The van der Waals surface area contributed by atoms with Crippen molar-refractivity contribution < 1.29 is 19.4 Å². The minimum Gasteiger partial charge on any atom is -0.481 e. The fourth-order valence-corrected chi connectivity index (χ4v) is 3.94. The zero-order chi connectivity index (χ0) is 21.0. The molecule has 1 aliphatic carbocycles. The Kier molecular flexibility index (Phi) is 6.57. The van der Waals surface area contributed by atoms with Gasteiger partial charge in [-0.05, 0) is 68.0 Å². The van der Waals surface area contributed by atoms with Crippen LogP contribution in [0.2, 0.25) is 0 Å². The molecule has 0 bridgehead atoms. The molecule has 2 N–H and O–H groups in total. The van der Waals surface area contributed by atoms with Crippen molar-refractivity contribution >= 4 is 11.9 Å². The van der Waals surface area contributed by atoms with Crippen LogP contribution in [-0.2, 0) is 16.1 Å². The summed E-state index contributed by atoms with van der Waals surface area (Å²) >= 11 is 0. The third-order valence-corrected chi connectivity index (χ3v) is 5.90. The highest BCUT2D eigenvalue weighted by atomic mass is 16.5. The van der Waals surface area contributed by atoms with E-state index in [0.29, 0.717) is 19.4 Å². The van der Waals surface area contributed by atoms with Gasteiger partial charge in [0.25, 0.3) is 0 Å². The van der Waals surface area contributed by atoms with Gasteiger partial charge < -0.3 is 15.2 Å². The summed E-state index contributed by atoms with van der Waals surface area (Å²) in [7, 11) is 0. The third kappa shape index (κ3) is 4.97. The Morgan fingerprint density at radius 1 is 0.966 bits per heavy atom. The SMILES string of the molecule is Cc1ccc(C)c(Oc2ccc(CNC(=O)C3CCCCC3C(=O)O)cc2)c1C. The molecule has 2 aromatic rings. The summed E-state index contributed by atoms with van der Waals surface area (Å²) in [6.07, 6.45) is 3.01. The molecule has 0 aliphatic heterocycles. The van der Waals surface area contributed by atoms with Gasteiger partial charge in [-0.2, -0.15) is 0 Å². The molecule has 2 atom stereocenters. The second kappa shape index (κ2) is 9.12. The Morgan fingerprint density at radius 3 is 2.24 bits per heavy atom. The summed E-state index contributed by atoms with van der Waals surface area (Å²) < 4.78 is 6.08. The first-order valence-electron chi connectivity index (χ1n) is 10.2. The molecule has 1 amide bonds. The number of aliphatic carboxylic acids is 1. The molecule has 0 heterocycles. The molecule has 5 heteroatoms. The molecular formula is C24H29NO4. The van der Waals surface area contributed by atoms with Crippen LogP contribution in [0.3, 0.4) is 0 Å². The molecule has 154 valence electrons. The molecule has 1 aliphatic rings. The molecule has 1 fully saturated rings. The maximum Gasteiger partial charge on any atom is 0.307 e. The number of carboxylic acids is 1. The van der Waals surface area contributed by atoms with Crippen LogP contribution in [0.4, 0.5) is 0 Å². The molecule has 0 saturated heterocycles. The van der Waals surface area contributed by atoms with Gasteiger partial charge in [-0.25, -0.2) is 0 Å². The van der Waals surface area contributed by atoms with Gasteiger partial charge in [-0.15, -0.1) is 0 Å². The number of carboxylic acid groups (broad SMARTS) is 1. The van der Waals surface area contributed by atoms with Crippen molar-refractivity contribution in [2.75, 3.05) is 0 Å². The van der Waals surface area contributed by atoms with E-state index in [9.17, 15) is 14.7 Å². The summed E-state index contributed by atoms with van der Waals surface area (Å²) in [5.74, 6) is -0.411.